The molecule has 1 aromatic carbocycles. The molecule has 0 amide bonds. The fourth-order valence-corrected chi connectivity index (χ4v) is 7.46. The van der Waals surface area contributed by atoms with Crippen LogP contribution in [0.3, 0.4) is 0 Å². The number of methoxy groups -OCH3 is 1. The van der Waals surface area contributed by atoms with Crippen LogP contribution in [0.25, 0.3) is 0 Å². The molecule has 0 heterocycles. The SMILES string of the molecule is COc1ccc([Se][Se]Br)cc1. The molecule has 0 saturated heterocycles. The Kier molecular flexibility index (Phi) is 4.58. The molecule has 0 saturated carbocycles. The number of hydrogen-bond acceptors (Lipinski definition) is 1. The molecule has 0 spiro atoms. The number of hydrogen-bond donors (Lipinski definition) is 0. The van der Waals surface area contributed by atoms with E-state index >= 15 is 0 Å². The Bertz CT molecular complexity index is 212. The van der Waals surface area contributed by atoms with Gasteiger partial charge in [-0.3, -0.25) is 0 Å². The van der Waals surface area contributed by atoms with Gasteiger partial charge < -0.3 is 0 Å². The second kappa shape index (κ2) is 5.23. The molecule has 1 nitrogen and oxygen atoms in total. The first-order valence-corrected chi connectivity index (χ1v) is 12.2. The first-order valence-electron chi connectivity index (χ1n) is 2.96. The van der Waals surface area contributed by atoms with Crippen LogP contribution in [0.1, 0.15) is 0 Å². The fourth-order valence-electron chi connectivity index (χ4n) is 0.668. The molecule has 1 rings (SSSR count). The summed E-state index contributed by atoms with van der Waals surface area (Å²) >= 11 is 4.71. The molecule has 0 radical (unpaired) electrons. The molecular formula is C7H7BrOSe2. The quantitative estimate of drug-likeness (QED) is 0.742. The molecule has 1 aromatic rings. The van der Waals surface area contributed by atoms with Crippen molar-refractivity contribution in [3.05, 3.63) is 24.3 Å². The summed E-state index contributed by atoms with van der Waals surface area (Å²) in [6.07, 6.45) is 0. The van der Waals surface area contributed by atoms with Gasteiger partial charge in [0.15, 0.2) is 0 Å². The molecule has 0 atom stereocenters. The normalized spacial score (nSPS) is 9.64. The second-order valence-electron chi connectivity index (χ2n) is 1.82. The van der Waals surface area contributed by atoms with Gasteiger partial charge in [-0.25, -0.2) is 0 Å². The van der Waals surface area contributed by atoms with E-state index in [0.29, 0.717) is 24.5 Å². The first kappa shape index (κ1) is 9.63. The van der Waals surface area contributed by atoms with E-state index in [1.165, 1.54) is 4.46 Å². The predicted octanol–water partition coefficient (Wildman–Crippen LogP) is 0.954. The van der Waals surface area contributed by atoms with E-state index in [-0.39, 0.29) is 0 Å². The van der Waals surface area contributed by atoms with E-state index in [0.717, 1.165) is 5.75 Å². The summed E-state index contributed by atoms with van der Waals surface area (Å²) in [6.45, 7) is 0. The van der Waals surface area contributed by atoms with Gasteiger partial charge in [-0.05, 0) is 0 Å². The van der Waals surface area contributed by atoms with E-state index in [2.05, 4.69) is 26.2 Å². The van der Waals surface area contributed by atoms with Crippen molar-refractivity contribution in [3.63, 3.8) is 0 Å². The van der Waals surface area contributed by atoms with Crippen molar-refractivity contribution < 1.29 is 4.74 Å². The van der Waals surface area contributed by atoms with Gasteiger partial charge in [0.2, 0.25) is 0 Å². The van der Waals surface area contributed by atoms with Crippen molar-refractivity contribution in [2.24, 2.45) is 0 Å². The molecule has 4 heteroatoms. The van der Waals surface area contributed by atoms with Gasteiger partial charge in [0.05, 0.1) is 0 Å². The molecule has 0 N–H and O–H groups in total. The summed E-state index contributed by atoms with van der Waals surface area (Å²) in [6, 6.07) is 8.27. The average Bonchev–Trinajstić information content (AvgIpc) is 2.07. The minimum absolute atomic E-state index is 0.606. The molecule has 0 fully saturated rings. The molecule has 0 bridgehead atoms. The Morgan fingerprint density at radius 2 is 1.91 bits per heavy atom. The van der Waals surface area contributed by atoms with Crippen molar-refractivity contribution in [3.8, 4) is 5.75 Å². The third-order valence-corrected chi connectivity index (χ3v) is 8.65. The van der Waals surface area contributed by atoms with Gasteiger partial charge >= 0.3 is 84.9 Å². The summed E-state index contributed by atoms with van der Waals surface area (Å²) in [5.74, 6) is 0.937. The van der Waals surface area contributed by atoms with E-state index in [9.17, 15) is 0 Å². The molecule has 0 aliphatic carbocycles. The summed E-state index contributed by atoms with van der Waals surface area (Å²) in [7, 11) is 1.69. The molecule has 11 heavy (non-hydrogen) atoms. The number of benzene rings is 1. The number of ether oxygens (including phenoxy) is 1. The molecule has 0 aliphatic rings. The van der Waals surface area contributed by atoms with Gasteiger partial charge in [-0.2, -0.15) is 0 Å². The van der Waals surface area contributed by atoms with Crippen LogP contribution in [0, 0.1) is 0 Å². The number of halogens is 1. The van der Waals surface area contributed by atoms with Gasteiger partial charge in [-0.1, -0.05) is 0 Å². The zero-order chi connectivity index (χ0) is 8.10. The maximum absolute atomic E-state index is 5.05. The molecule has 60 valence electrons. The van der Waals surface area contributed by atoms with Crippen LogP contribution in [-0.4, -0.2) is 31.6 Å². The van der Waals surface area contributed by atoms with Crippen LogP contribution in [0.2, 0.25) is 0 Å². The summed E-state index contributed by atoms with van der Waals surface area (Å²) < 4.78 is 6.47. The Morgan fingerprint density at radius 3 is 2.36 bits per heavy atom. The van der Waals surface area contributed by atoms with Crippen LogP contribution >= 0.6 is 14.1 Å². The van der Waals surface area contributed by atoms with Gasteiger partial charge in [-0.15, -0.1) is 0 Å². The average molecular weight is 345 g/mol. The third kappa shape index (κ3) is 3.18. The van der Waals surface area contributed by atoms with Crippen molar-refractivity contribution >= 4 is 43.0 Å². The summed E-state index contributed by atoms with van der Waals surface area (Å²) in [5.41, 5.74) is 0. The Hall–Kier alpha value is 0.539. The maximum atomic E-state index is 5.05. The van der Waals surface area contributed by atoms with Crippen molar-refractivity contribution in [1.82, 2.24) is 0 Å². The van der Waals surface area contributed by atoms with Crippen molar-refractivity contribution in [2.45, 2.75) is 0 Å². The predicted molar refractivity (Wildman–Crippen MR) is 53.1 cm³/mol. The van der Waals surface area contributed by atoms with Crippen LogP contribution in [-0.2, 0) is 0 Å². The van der Waals surface area contributed by atoms with E-state index in [4.69, 9.17) is 4.74 Å². The van der Waals surface area contributed by atoms with Gasteiger partial charge in [0, 0.05) is 0 Å². The molecule has 0 aromatic heterocycles. The molecule has 0 aliphatic heterocycles. The van der Waals surface area contributed by atoms with E-state index in [1.807, 2.05) is 12.1 Å². The Balaban J connectivity index is 2.66. The van der Waals surface area contributed by atoms with Gasteiger partial charge in [0.1, 0.15) is 0 Å². The molecular weight excluding hydrogens is 338 g/mol. The molecule has 0 unspecified atom stereocenters. The van der Waals surface area contributed by atoms with Crippen molar-refractivity contribution in [2.75, 3.05) is 7.11 Å². The topological polar surface area (TPSA) is 9.23 Å². The third-order valence-electron chi connectivity index (χ3n) is 1.19. The minimum atomic E-state index is 0.606. The number of rotatable bonds is 3. The second-order valence-corrected chi connectivity index (χ2v) is 13.8. The summed E-state index contributed by atoms with van der Waals surface area (Å²) in [4.78, 5) is 0. The first-order chi connectivity index (χ1) is 5.36. The van der Waals surface area contributed by atoms with Crippen LogP contribution < -0.4 is 9.20 Å². The zero-order valence-electron chi connectivity index (χ0n) is 5.91. The Morgan fingerprint density at radius 1 is 1.27 bits per heavy atom. The van der Waals surface area contributed by atoms with Crippen LogP contribution in [0.15, 0.2) is 24.3 Å². The Labute approximate surface area is 84.5 Å². The zero-order valence-corrected chi connectivity index (χ0v) is 10.9. The van der Waals surface area contributed by atoms with Gasteiger partial charge in [0.25, 0.3) is 0 Å². The van der Waals surface area contributed by atoms with Crippen LogP contribution in [0.5, 0.6) is 5.75 Å². The standard InChI is InChI=1S/C7H7BrOSe2/c1-9-6-2-4-7(5-3-6)10-11-8/h2-5H,1H3. The van der Waals surface area contributed by atoms with Crippen molar-refractivity contribution in [1.29, 1.82) is 0 Å². The van der Waals surface area contributed by atoms with Crippen LogP contribution in [0.4, 0.5) is 0 Å². The summed E-state index contributed by atoms with van der Waals surface area (Å²) in [5, 5.41) is 0. The monoisotopic (exact) mass is 346 g/mol. The van der Waals surface area contributed by atoms with E-state index < -0.39 is 0 Å². The fraction of sp³-hybridized carbons (Fsp3) is 0.143. The van der Waals surface area contributed by atoms with E-state index in [1.54, 1.807) is 7.11 Å².